The number of hydrogen-bond donors (Lipinski definition) is 6. The summed E-state index contributed by atoms with van der Waals surface area (Å²) in [6, 6.07) is -1.50. The fourth-order valence-corrected chi connectivity index (χ4v) is 5.03. The molecule has 26 heavy (non-hydrogen) atoms. The first-order chi connectivity index (χ1) is 11.8. The van der Waals surface area contributed by atoms with Crippen LogP contribution < -0.4 is 0 Å². The van der Waals surface area contributed by atoms with Crippen LogP contribution in [0.3, 0.4) is 0 Å². The van der Waals surface area contributed by atoms with Crippen molar-refractivity contribution >= 4 is 27.1 Å². The lowest BCUT2D eigenvalue weighted by Gasteiger charge is -2.44. The van der Waals surface area contributed by atoms with Gasteiger partial charge in [0.25, 0.3) is 0 Å². The number of carboxylic acid groups (broad SMARTS) is 2. The standard InChI is InChI=1S/C12H24N2O10P2/c15-11(16)5-13(6-12(17)18)9-3-1-2-4-10(9)14(7-25(19,20)21)8-26(22,23)24/h9-10H,1-8H2,(H,15,16)(H,17,18)(H2,19,20,21)(H2,22,23,24). The minimum absolute atomic E-state index is 0.306. The summed E-state index contributed by atoms with van der Waals surface area (Å²) in [6.45, 7) is -1.21. The van der Waals surface area contributed by atoms with Gasteiger partial charge in [0.1, 0.15) is 12.6 Å². The van der Waals surface area contributed by atoms with Gasteiger partial charge < -0.3 is 29.8 Å². The zero-order valence-corrected chi connectivity index (χ0v) is 15.7. The van der Waals surface area contributed by atoms with E-state index in [1.54, 1.807) is 0 Å². The maximum Gasteiger partial charge on any atom is 0.339 e. The van der Waals surface area contributed by atoms with Crippen LogP contribution in [0.15, 0.2) is 0 Å². The van der Waals surface area contributed by atoms with E-state index < -0.39 is 64.9 Å². The molecule has 0 spiro atoms. The molecule has 12 nitrogen and oxygen atoms in total. The lowest BCUT2D eigenvalue weighted by atomic mass is 9.88. The molecule has 152 valence electrons. The van der Waals surface area contributed by atoms with Gasteiger partial charge in [0.15, 0.2) is 0 Å². The maximum absolute atomic E-state index is 11.4. The van der Waals surface area contributed by atoms with Crippen molar-refractivity contribution in [1.82, 2.24) is 9.80 Å². The lowest BCUT2D eigenvalue weighted by molar-refractivity contribution is -0.144. The number of rotatable bonds is 10. The molecule has 1 rings (SSSR count). The third-order valence-corrected chi connectivity index (χ3v) is 5.50. The fourth-order valence-electron chi connectivity index (χ4n) is 3.31. The number of aliphatic carboxylic acids is 2. The Bertz CT molecular complexity index is 563. The van der Waals surface area contributed by atoms with Gasteiger partial charge in [-0.3, -0.25) is 28.5 Å². The molecule has 2 atom stereocenters. The molecule has 0 aromatic heterocycles. The Morgan fingerprint density at radius 1 is 0.769 bits per heavy atom. The van der Waals surface area contributed by atoms with Crippen molar-refractivity contribution < 1.29 is 48.5 Å². The van der Waals surface area contributed by atoms with Gasteiger partial charge in [-0.1, -0.05) is 12.8 Å². The van der Waals surface area contributed by atoms with Gasteiger partial charge in [0, 0.05) is 12.1 Å². The van der Waals surface area contributed by atoms with Crippen molar-refractivity contribution in [2.75, 3.05) is 25.7 Å². The zero-order chi connectivity index (χ0) is 20.1. The average molecular weight is 418 g/mol. The summed E-state index contributed by atoms with van der Waals surface area (Å²) < 4.78 is 22.8. The van der Waals surface area contributed by atoms with Crippen LogP contribution in [0.25, 0.3) is 0 Å². The van der Waals surface area contributed by atoms with E-state index in [4.69, 9.17) is 10.2 Å². The highest BCUT2D eigenvalue weighted by Crippen LogP contribution is 2.43. The predicted molar refractivity (Wildman–Crippen MR) is 88.5 cm³/mol. The molecule has 14 heteroatoms. The summed E-state index contributed by atoms with van der Waals surface area (Å²) in [7, 11) is -9.31. The first kappa shape index (κ1) is 23.2. The van der Waals surface area contributed by atoms with Crippen LogP contribution in [0.5, 0.6) is 0 Å². The number of carbonyl (C=O) groups is 2. The van der Waals surface area contributed by atoms with E-state index in [-0.39, 0.29) is 0 Å². The van der Waals surface area contributed by atoms with Gasteiger partial charge in [-0.2, -0.15) is 0 Å². The van der Waals surface area contributed by atoms with E-state index in [1.165, 1.54) is 0 Å². The minimum Gasteiger partial charge on any atom is -0.480 e. The van der Waals surface area contributed by atoms with Crippen LogP contribution in [0.4, 0.5) is 0 Å². The Morgan fingerprint density at radius 3 is 1.42 bits per heavy atom. The quantitative estimate of drug-likeness (QED) is 0.245. The predicted octanol–water partition coefficient (Wildman–Crippen LogP) is -0.659. The summed E-state index contributed by atoms with van der Waals surface area (Å²) in [5.74, 6) is -2.54. The molecule has 0 bridgehead atoms. The monoisotopic (exact) mass is 418 g/mol. The molecular weight excluding hydrogens is 394 g/mol. The molecule has 0 saturated heterocycles. The SMILES string of the molecule is O=C(O)CN(CC(=O)O)C1CCCCC1N(CP(=O)(O)O)CP(=O)(O)O. The highest BCUT2D eigenvalue weighted by Gasteiger charge is 2.39. The number of carboxylic acids is 2. The highest BCUT2D eigenvalue weighted by molar-refractivity contribution is 7.52. The van der Waals surface area contributed by atoms with E-state index >= 15 is 0 Å². The van der Waals surface area contributed by atoms with Crippen LogP contribution in [0.1, 0.15) is 25.7 Å². The molecule has 0 aromatic carbocycles. The molecule has 0 amide bonds. The number of hydrogen-bond acceptors (Lipinski definition) is 6. The molecule has 1 aliphatic rings. The van der Waals surface area contributed by atoms with Gasteiger partial charge in [-0.15, -0.1) is 0 Å². The Labute approximate surface area is 149 Å². The smallest absolute Gasteiger partial charge is 0.339 e. The highest BCUT2D eigenvalue weighted by atomic mass is 31.2. The second kappa shape index (κ2) is 9.38. The van der Waals surface area contributed by atoms with Gasteiger partial charge in [-0.25, -0.2) is 0 Å². The van der Waals surface area contributed by atoms with Crippen molar-refractivity contribution in [1.29, 1.82) is 0 Å². The molecule has 1 fully saturated rings. The molecular formula is C12H24N2O10P2. The Hall–Kier alpha value is -0.840. The van der Waals surface area contributed by atoms with Gasteiger partial charge in [0.2, 0.25) is 0 Å². The van der Waals surface area contributed by atoms with Gasteiger partial charge in [-0.05, 0) is 12.8 Å². The summed E-state index contributed by atoms with van der Waals surface area (Å²) >= 11 is 0. The lowest BCUT2D eigenvalue weighted by Crippen LogP contribution is -2.56. The summed E-state index contributed by atoms with van der Waals surface area (Å²) in [6.07, 6.45) is 0.0789. The molecule has 1 aliphatic carbocycles. The van der Waals surface area contributed by atoms with E-state index in [0.717, 1.165) is 9.80 Å². The van der Waals surface area contributed by atoms with Crippen LogP contribution in [-0.4, -0.2) is 89.3 Å². The summed E-state index contributed by atoms with van der Waals surface area (Å²) in [5, 5.41) is 18.1. The first-order valence-corrected chi connectivity index (χ1v) is 11.4. The van der Waals surface area contributed by atoms with E-state index in [2.05, 4.69) is 0 Å². The van der Waals surface area contributed by atoms with Crippen molar-refractivity contribution in [3.63, 3.8) is 0 Å². The van der Waals surface area contributed by atoms with Crippen molar-refractivity contribution in [3.05, 3.63) is 0 Å². The van der Waals surface area contributed by atoms with Gasteiger partial charge >= 0.3 is 27.1 Å². The van der Waals surface area contributed by atoms with E-state index in [0.29, 0.717) is 25.7 Å². The summed E-state index contributed by atoms with van der Waals surface area (Å²) in [5.41, 5.74) is 0. The van der Waals surface area contributed by atoms with Crippen LogP contribution >= 0.6 is 15.2 Å². The summed E-state index contributed by atoms with van der Waals surface area (Å²) in [4.78, 5) is 61.2. The Morgan fingerprint density at radius 2 is 1.12 bits per heavy atom. The minimum atomic E-state index is -4.65. The largest absolute Gasteiger partial charge is 0.480 e. The van der Waals surface area contributed by atoms with Gasteiger partial charge in [0.05, 0.1) is 13.1 Å². The Kier molecular flexibility index (Phi) is 8.37. The average Bonchev–Trinajstić information content (AvgIpc) is 2.42. The molecule has 0 aliphatic heterocycles. The van der Waals surface area contributed by atoms with E-state index in [1.807, 2.05) is 0 Å². The van der Waals surface area contributed by atoms with Crippen LogP contribution in [0, 0.1) is 0 Å². The van der Waals surface area contributed by atoms with Crippen molar-refractivity contribution in [2.45, 2.75) is 37.8 Å². The third kappa shape index (κ3) is 8.70. The van der Waals surface area contributed by atoms with Crippen LogP contribution in [-0.2, 0) is 18.7 Å². The second-order valence-electron chi connectivity index (χ2n) is 6.31. The fraction of sp³-hybridized carbons (Fsp3) is 0.833. The van der Waals surface area contributed by atoms with Crippen LogP contribution in [0.2, 0.25) is 0 Å². The molecule has 1 saturated carbocycles. The maximum atomic E-state index is 11.4. The molecule has 6 N–H and O–H groups in total. The zero-order valence-electron chi connectivity index (χ0n) is 13.9. The molecule has 0 aromatic rings. The molecule has 2 unspecified atom stereocenters. The molecule has 0 radical (unpaired) electrons. The number of nitrogens with zero attached hydrogens (tertiary/aromatic N) is 2. The topological polar surface area (TPSA) is 196 Å². The Balaban J connectivity index is 3.16. The third-order valence-electron chi connectivity index (χ3n) is 4.04. The van der Waals surface area contributed by atoms with Crippen molar-refractivity contribution in [3.8, 4) is 0 Å². The van der Waals surface area contributed by atoms with E-state index in [9.17, 15) is 38.3 Å². The second-order valence-corrected chi connectivity index (χ2v) is 9.54. The normalized spacial score (nSPS) is 21.9. The van der Waals surface area contributed by atoms with Crippen molar-refractivity contribution in [2.24, 2.45) is 0 Å². The first-order valence-electron chi connectivity index (χ1n) is 7.79. The molecule has 0 heterocycles.